The van der Waals surface area contributed by atoms with Crippen LogP contribution < -0.4 is 5.32 Å². The van der Waals surface area contributed by atoms with Crippen molar-refractivity contribution in [2.24, 2.45) is 0 Å². The molecule has 0 aliphatic rings. The molecule has 1 aromatic carbocycles. The number of allylic oxidation sites excluding steroid dienone is 4. The molecule has 1 rings (SSSR count). The zero-order chi connectivity index (χ0) is 16.8. The summed E-state index contributed by atoms with van der Waals surface area (Å²) in [6.45, 7) is 4.82. The first kappa shape index (κ1) is 17.8. The van der Waals surface area contributed by atoms with Crippen molar-refractivity contribution in [1.82, 2.24) is 0 Å². The summed E-state index contributed by atoms with van der Waals surface area (Å²) in [4.78, 5) is 12.1. The lowest BCUT2D eigenvalue weighted by atomic mass is 10.1. The van der Waals surface area contributed by atoms with Crippen molar-refractivity contribution in [2.75, 3.05) is 5.32 Å². The van der Waals surface area contributed by atoms with E-state index in [-0.39, 0.29) is 5.57 Å². The highest BCUT2D eigenvalue weighted by atomic mass is 19.4. The number of carbonyl (C=O) groups excluding carboxylic acids is 1. The van der Waals surface area contributed by atoms with Crippen LogP contribution >= 0.6 is 0 Å². The molecule has 5 heteroatoms. The van der Waals surface area contributed by atoms with Gasteiger partial charge >= 0.3 is 6.18 Å². The maximum absolute atomic E-state index is 12.8. The number of carbonyl (C=O) groups is 1. The molecule has 0 aromatic heterocycles. The molecule has 0 radical (unpaired) electrons. The topological polar surface area (TPSA) is 29.1 Å². The standard InChI is InChI=1S/C17H18F3NO/c1-4-6-13(11-14(5-2)17(18,19)20)16(22)21-15-9-7-12(3)8-10-15/h4-11H,1-3H3,(H,21,22)/b6-4-,13-11+,14-5+. The fourth-order valence-corrected chi connectivity index (χ4v) is 1.71. The SMILES string of the molecule is C\C=C/C(=C\C(=C/C)C(F)(F)F)C(=O)Nc1ccc(C)cc1. The van der Waals surface area contributed by atoms with Gasteiger partial charge in [-0.15, -0.1) is 0 Å². The molecule has 2 nitrogen and oxygen atoms in total. The van der Waals surface area contributed by atoms with E-state index in [1.807, 2.05) is 19.1 Å². The molecule has 1 amide bonds. The van der Waals surface area contributed by atoms with Crippen LogP contribution in [0.15, 0.2) is 59.7 Å². The zero-order valence-corrected chi connectivity index (χ0v) is 12.7. The number of hydrogen-bond donors (Lipinski definition) is 1. The Labute approximate surface area is 128 Å². The molecule has 0 spiro atoms. The molecule has 0 saturated heterocycles. The first-order chi connectivity index (χ1) is 10.3. The molecular formula is C17H18F3NO. The molecule has 1 N–H and O–H groups in total. The highest BCUT2D eigenvalue weighted by Crippen LogP contribution is 2.27. The first-order valence-electron chi connectivity index (χ1n) is 6.74. The lowest BCUT2D eigenvalue weighted by molar-refractivity contribution is -0.112. The summed E-state index contributed by atoms with van der Waals surface area (Å²) in [7, 11) is 0. The highest BCUT2D eigenvalue weighted by Gasteiger charge is 2.31. The van der Waals surface area contributed by atoms with E-state index in [9.17, 15) is 18.0 Å². The predicted molar refractivity (Wildman–Crippen MR) is 82.5 cm³/mol. The van der Waals surface area contributed by atoms with Gasteiger partial charge in [-0.2, -0.15) is 13.2 Å². The average molecular weight is 309 g/mol. The van der Waals surface area contributed by atoms with Crippen molar-refractivity contribution >= 4 is 11.6 Å². The van der Waals surface area contributed by atoms with Crippen molar-refractivity contribution < 1.29 is 18.0 Å². The molecule has 0 fully saturated rings. The molecule has 1 aromatic rings. The smallest absolute Gasteiger partial charge is 0.322 e. The van der Waals surface area contributed by atoms with Crippen LogP contribution in [0.2, 0.25) is 0 Å². The third kappa shape index (κ3) is 5.24. The second kappa shape index (κ2) is 7.64. The number of amides is 1. The van der Waals surface area contributed by atoms with Gasteiger partial charge in [-0.05, 0) is 39.0 Å². The normalized spacial score (nSPS) is 13.5. The summed E-state index contributed by atoms with van der Waals surface area (Å²) in [6.07, 6.45) is 0.140. The number of rotatable bonds is 4. The Kier molecular flexibility index (Phi) is 6.16. The number of alkyl halides is 3. The second-order valence-corrected chi connectivity index (χ2v) is 4.66. The fraction of sp³-hybridized carbons (Fsp3) is 0.235. The lowest BCUT2D eigenvalue weighted by Crippen LogP contribution is -2.16. The van der Waals surface area contributed by atoms with Gasteiger partial charge in [0.2, 0.25) is 0 Å². The van der Waals surface area contributed by atoms with Crippen molar-refractivity contribution in [1.29, 1.82) is 0 Å². The van der Waals surface area contributed by atoms with Crippen LogP contribution in [0, 0.1) is 6.92 Å². The Balaban J connectivity index is 3.04. The quantitative estimate of drug-likeness (QED) is 0.619. The molecule has 0 bridgehead atoms. The Morgan fingerprint density at radius 2 is 1.73 bits per heavy atom. The van der Waals surface area contributed by atoms with Gasteiger partial charge < -0.3 is 5.32 Å². The summed E-state index contributed by atoms with van der Waals surface area (Å²) in [5, 5.41) is 2.58. The maximum Gasteiger partial charge on any atom is 0.416 e. The van der Waals surface area contributed by atoms with Crippen molar-refractivity contribution in [3.05, 3.63) is 65.3 Å². The van der Waals surface area contributed by atoms with Crippen LogP contribution in [0.1, 0.15) is 19.4 Å². The maximum atomic E-state index is 12.8. The molecule has 0 aliphatic heterocycles. The minimum atomic E-state index is -4.49. The summed E-state index contributed by atoms with van der Waals surface area (Å²) < 4.78 is 38.4. The molecule has 0 heterocycles. The summed E-state index contributed by atoms with van der Waals surface area (Å²) in [6, 6.07) is 7.01. The largest absolute Gasteiger partial charge is 0.416 e. The Morgan fingerprint density at radius 3 is 2.18 bits per heavy atom. The monoisotopic (exact) mass is 309 g/mol. The van der Waals surface area contributed by atoms with Crippen LogP contribution in [0.5, 0.6) is 0 Å². The Morgan fingerprint density at radius 1 is 1.14 bits per heavy atom. The number of aryl methyl sites for hydroxylation is 1. The van der Waals surface area contributed by atoms with E-state index in [0.717, 1.165) is 17.7 Å². The Hall–Kier alpha value is -2.30. The van der Waals surface area contributed by atoms with E-state index in [2.05, 4.69) is 5.32 Å². The lowest BCUT2D eigenvalue weighted by Gasteiger charge is -2.10. The van der Waals surface area contributed by atoms with Crippen molar-refractivity contribution in [2.45, 2.75) is 26.9 Å². The molecule has 0 atom stereocenters. The summed E-state index contributed by atoms with van der Waals surface area (Å²) >= 11 is 0. The van der Waals surface area contributed by atoms with Gasteiger partial charge in [0.05, 0.1) is 5.57 Å². The number of anilines is 1. The van der Waals surface area contributed by atoms with Gasteiger partial charge in [0.25, 0.3) is 5.91 Å². The third-order valence-corrected chi connectivity index (χ3v) is 2.87. The minimum Gasteiger partial charge on any atom is -0.322 e. The third-order valence-electron chi connectivity index (χ3n) is 2.87. The van der Waals surface area contributed by atoms with Gasteiger partial charge in [-0.3, -0.25) is 4.79 Å². The van der Waals surface area contributed by atoms with Crippen LogP contribution in [0.25, 0.3) is 0 Å². The highest BCUT2D eigenvalue weighted by molar-refractivity contribution is 6.06. The fourth-order valence-electron chi connectivity index (χ4n) is 1.71. The van der Waals surface area contributed by atoms with Gasteiger partial charge in [-0.1, -0.05) is 35.9 Å². The summed E-state index contributed by atoms with van der Waals surface area (Å²) in [5.41, 5.74) is 0.628. The number of halogens is 3. The van der Waals surface area contributed by atoms with E-state index < -0.39 is 17.7 Å². The van der Waals surface area contributed by atoms with Gasteiger partial charge in [0, 0.05) is 11.3 Å². The van der Waals surface area contributed by atoms with Crippen molar-refractivity contribution in [3.8, 4) is 0 Å². The van der Waals surface area contributed by atoms with Crippen LogP contribution in [0.3, 0.4) is 0 Å². The molecule has 0 unspecified atom stereocenters. The van der Waals surface area contributed by atoms with E-state index in [1.165, 1.54) is 19.1 Å². The van der Waals surface area contributed by atoms with E-state index >= 15 is 0 Å². The number of nitrogens with one attached hydrogen (secondary N) is 1. The van der Waals surface area contributed by atoms with Gasteiger partial charge in [0.1, 0.15) is 0 Å². The van der Waals surface area contributed by atoms with E-state index in [0.29, 0.717) is 5.69 Å². The molecule has 0 aliphatic carbocycles. The van der Waals surface area contributed by atoms with E-state index in [1.54, 1.807) is 19.1 Å². The predicted octanol–water partition coefficient (Wildman–Crippen LogP) is 4.94. The zero-order valence-electron chi connectivity index (χ0n) is 12.7. The van der Waals surface area contributed by atoms with Crippen LogP contribution in [-0.2, 0) is 4.79 Å². The van der Waals surface area contributed by atoms with Gasteiger partial charge in [0.15, 0.2) is 0 Å². The Bertz CT molecular complexity index is 608. The van der Waals surface area contributed by atoms with Crippen molar-refractivity contribution in [3.63, 3.8) is 0 Å². The van der Waals surface area contributed by atoms with Crippen LogP contribution in [-0.4, -0.2) is 12.1 Å². The molecule has 22 heavy (non-hydrogen) atoms. The minimum absolute atomic E-state index is 0.0616. The van der Waals surface area contributed by atoms with E-state index in [4.69, 9.17) is 0 Å². The average Bonchev–Trinajstić information content (AvgIpc) is 2.44. The molecular weight excluding hydrogens is 291 g/mol. The molecule has 118 valence electrons. The second-order valence-electron chi connectivity index (χ2n) is 4.66. The van der Waals surface area contributed by atoms with Gasteiger partial charge in [-0.25, -0.2) is 0 Å². The summed E-state index contributed by atoms with van der Waals surface area (Å²) in [5.74, 6) is -0.592. The van der Waals surface area contributed by atoms with Crippen LogP contribution in [0.4, 0.5) is 18.9 Å². The number of benzene rings is 1. The number of hydrogen-bond acceptors (Lipinski definition) is 1. The molecule has 0 saturated carbocycles. The first-order valence-corrected chi connectivity index (χ1v) is 6.74.